The molecular formula is C26H26N4O5. The maximum Gasteiger partial charge on any atom is 0.357 e. The Balaban J connectivity index is 1.94. The molecule has 9 heteroatoms. The highest BCUT2D eigenvalue weighted by molar-refractivity contribution is 6.06. The number of hydrogen-bond donors (Lipinski definition) is 0. The Morgan fingerprint density at radius 3 is 2.34 bits per heavy atom. The molecule has 180 valence electrons. The van der Waals surface area contributed by atoms with Crippen molar-refractivity contribution in [3.8, 4) is 22.7 Å². The number of methoxy groups -OCH3 is 2. The molecule has 2 aromatic carbocycles. The average Bonchev–Trinajstić information content (AvgIpc) is 3.52. The summed E-state index contributed by atoms with van der Waals surface area (Å²) in [5.41, 5.74) is 2.34. The molecule has 0 atom stereocenters. The Labute approximate surface area is 202 Å². The second kappa shape index (κ2) is 10.3. The molecule has 0 saturated carbocycles. The van der Waals surface area contributed by atoms with E-state index in [4.69, 9.17) is 14.2 Å². The van der Waals surface area contributed by atoms with Crippen LogP contribution in [0.3, 0.4) is 0 Å². The van der Waals surface area contributed by atoms with Gasteiger partial charge in [0.2, 0.25) is 0 Å². The van der Waals surface area contributed by atoms with E-state index in [1.165, 1.54) is 18.9 Å². The highest BCUT2D eigenvalue weighted by Gasteiger charge is 2.31. The summed E-state index contributed by atoms with van der Waals surface area (Å²) in [7, 11) is 2.52. The summed E-state index contributed by atoms with van der Waals surface area (Å²) < 4.78 is 19.2. The van der Waals surface area contributed by atoms with E-state index in [-0.39, 0.29) is 17.4 Å². The van der Waals surface area contributed by atoms with Gasteiger partial charge in [0.05, 0.1) is 32.6 Å². The fraction of sp³-hybridized carbons (Fsp3) is 0.231. The number of hydrogen-bond acceptors (Lipinski definition) is 7. The molecule has 2 heterocycles. The number of benzene rings is 2. The van der Waals surface area contributed by atoms with Crippen molar-refractivity contribution in [2.45, 2.75) is 26.5 Å². The van der Waals surface area contributed by atoms with Gasteiger partial charge in [-0.3, -0.25) is 4.68 Å². The van der Waals surface area contributed by atoms with Crippen molar-refractivity contribution in [1.82, 2.24) is 19.6 Å². The monoisotopic (exact) mass is 474 g/mol. The van der Waals surface area contributed by atoms with Gasteiger partial charge in [-0.25, -0.2) is 14.3 Å². The number of carbonyl (C=O) groups excluding carboxylic acids is 2. The second-order valence-corrected chi connectivity index (χ2v) is 8.00. The van der Waals surface area contributed by atoms with E-state index in [2.05, 4.69) is 10.2 Å². The fourth-order valence-electron chi connectivity index (χ4n) is 3.74. The third kappa shape index (κ3) is 4.93. The first-order valence-corrected chi connectivity index (χ1v) is 11.0. The van der Waals surface area contributed by atoms with Crippen molar-refractivity contribution in [2.24, 2.45) is 0 Å². The van der Waals surface area contributed by atoms with Crippen LogP contribution in [0, 0.1) is 0 Å². The first-order chi connectivity index (χ1) is 16.9. The van der Waals surface area contributed by atoms with Gasteiger partial charge in [0, 0.05) is 23.5 Å². The van der Waals surface area contributed by atoms with E-state index in [0.29, 0.717) is 29.2 Å². The lowest BCUT2D eigenvalue weighted by Gasteiger charge is -2.15. The zero-order valence-electron chi connectivity index (χ0n) is 20.0. The minimum Gasteiger partial charge on any atom is -0.491 e. The van der Waals surface area contributed by atoms with Gasteiger partial charge in [0.25, 0.3) is 0 Å². The minimum atomic E-state index is -0.704. The quantitative estimate of drug-likeness (QED) is 0.354. The number of rotatable bonds is 8. The summed E-state index contributed by atoms with van der Waals surface area (Å²) in [5, 5.41) is 8.96. The molecule has 4 rings (SSSR count). The molecule has 0 aliphatic rings. The average molecular weight is 475 g/mol. The molecule has 0 spiro atoms. The Bertz CT molecular complexity index is 1330. The predicted octanol–water partition coefficient (Wildman–Crippen LogP) is 4.14. The molecule has 0 unspecified atom stereocenters. The largest absolute Gasteiger partial charge is 0.491 e. The lowest BCUT2D eigenvalue weighted by atomic mass is 10.0. The normalized spacial score (nSPS) is 10.9. The summed E-state index contributed by atoms with van der Waals surface area (Å²) in [6.45, 7) is 4.34. The molecule has 0 N–H and O–H groups in total. The van der Waals surface area contributed by atoms with Gasteiger partial charge >= 0.3 is 11.9 Å². The Morgan fingerprint density at radius 2 is 1.71 bits per heavy atom. The van der Waals surface area contributed by atoms with E-state index in [9.17, 15) is 9.59 Å². The first-order valence-electron chi connectivity index (χ1n) is 11.0. The minimum absolute atomic E-state index is 0.0170. The zero-order valence-corrected chi connectivity index (χ0v) is 20.0. The molecule has 0 aliphatic heterocycles. The molecule has 0 aliphatic carbocycles. The van der Waals surface area contributed by atoms with Crippen LogP contribution in [0.2, 0.25) is 0 Å². The Hall–Kier alpha value is -4.40. The van der Waals surface area contributed by atoms with Crippen molar-refractivity contribution < 1.29 is 23.8 Å². The third-order valence-corrected chi connectivity index (χ3v) is 5.24. The summed E-state index contributed by atoms with van der Waals surface area (Å²) in [4.78, 5) is 25.7. The highest BCUT2D eigenvalue weighted by atomic mass is 16.5. The smallest absolute Gasteiger partial charge is 0.357 e. The maximum absolute atomic E-state index is 12.9. The number of nitrogens with zero attached hydrogens (tertiary/aromatic N) is 4. The van der Waals surface area contributed by atoms with E-state index in [1.807, 2.05) is 56.4 Å². The van der Waals surface area contributed by atoms with Crippen molar-refractivity contribution in [1.29, 1.82) is 0 Å². The van der Waals surface area contributed by atoms with Crippen LogP contribution in [0.4, 0.5) is 0 Å². The lowest BCUT2D eigenvalue weighted by Crippen LogP contribution is -2.15. The van der Waals surface area contributed by atoms with E-state index < -0.39 is 11.9 Å². The van der Waals surface area contributed by atoms with Crippen LogP contribution < -0.4 is 4.74 Å². The van der Waals surface area contributed by atoms with Crippen LogP contribution in [0.1, 0.15) is 40.3 Å². The van der Waals surface area contributed by atoms with Crippen molar-refractivity contribution in [2.75, 3.05) is 14.2 Å². The first kappa shape index (κ1) is 23.7. The van der Waals surface area contributed by atoms with Gasteiger partial charge in [-0.1, -0.05) is 18.2 Å². The molecule has 4 aromatic rings. The number of aromatic nitrogens is 4. The van der Waals surface area contributed by atoms with Crippen LogP contribution in [0.25, 0.3) is 16.9 Å². The summed E-state index contributed by atoms with van der Waals surface area (Å²) >= 11 is 0. The van der Waals surface area contributed by atoms with Crippen LogP contribution in [-0.2, 0) is 16.0 Å². The van der Waals surface area contributed by atoms with Crippen molar-refractivity contribution in [3.05, 3.63) is 83.8 Å². The lowest BCUT2D eigenvalue weighted by molar-refractivity contribution is 0.0549. The summed E-state index contributed by atoms with van der Waals surface area (Å²) in [6, 6.07) is 16.4. The Kier molecular flexibility index (Phi) is 6.96. The number of para-hydroxylation sites is 1. The number of ether oxygens (including phenoxy) is 3. The highest BCUT2D eigenvalue weighted by Crippen LogP contribution is 2.33. The van der Waals surface area contributed by atoms with E-state index in [0.717, 1.165) is 5.56 Å². The maximum atomic E-state index is 12.9. The van der Waals surface area contributed by atoms with Gasteiger partial charge in [-0.2, -0.15) is 10.2 Å². The van der Waals surface area contributed by atoms with E-state index in [1.54, 1.807) is 29.1 Å². The third-order valence-electron chi connectivity index (χ3n) is 5.24. The SMILES string of the molecule is COC(=O)c1c(-c2ccc(OC(C)C)c(Cn3cccn3)c2)nn(-c2ccccc2)c1C(=O)OC. The van der Waals surface area contributed by atoms with Gasteiger partial charge in [-0.15, -0.1) is 0 Å². The van der Waals surface area contributed by atoms with Gasteiger partial charge in [-0.05, 0) is 50.2 Å². The number of esters is 2. The zero-order chi connectivity index (χ0) is 24.9. The second-order valence-electron chi connectivity index (χ2n) is 8.00. The standard InChI is InChI=1S/C26H26N4O5/c1-17(2)35-21-12-11-18(15-19(21)16-29-14-8-13-27-29)23-22(25(31)33-3)24(26(32)34-4)30(28-23)20-9-6-5-7-10-20/h5-15,17H,16H2,1-4H3. The van der Waals surface area contributed by atoms with Gasteiger partial charge in [0.1, 0.15) is 17.0 Å². The molecule has 9 nitrogen and oxygen atoms in total. The summed E-state index contributed by atoms with van der Waals surface area (Å²) in [6.07, 6.45) is 3.52. The molecule has 0 saturated heterocycles. The topological polar surface area (TPSA) is 97.5 Å². The van der Waals surface area contributed by atoms with Crippen LogP contribution >= 0.6 is 0 Å². The van der Waals surface area contributed by atoms with Crippen LogP contribution in [0.5, 0.6) is 5.75 Å². The van der Waals surface area contributed by atoms with Crippen molar-refractivity contribution in [3.63, 3.8) is 0 Å². The molecule has 0 amide bonds. The molecule has 2 aromatic heterocycles. The number of carbonyl (C=O) groups is 2. The summed E-state index contributed by atoms with van der Waals surface area (Å²) in [5.74, 6) is -0.710. The van der Waals surface area contributed by atoms with Crippen molar-refractivity contribution >= 4 is 11.9 Å². The van der Waals surface area contributed by atoms with Crippen LogP contribution in [0.15, 0.2) is 67.0 Å². The Morgan fingerprint density at radius 1 is 0.971 bits per heavy atom. The van der Waals surface area contributed by atoms with E-state index >= 15 is 0 Å². The van der Waals surface area contributed by atoms with Gasteiger partial charge in [0.15, 0.2) is 5.69 Å². The molecular weight excluding hydrogens is 448 g/mol. The molecule has 35 heavy (non-hydrogen) atoms. The molecule has 0 bridgehead atoms. The predicted molar refractivity (Wildman–Crippen MR) is 129 cm³/mol. The molecule has 0 fully saturated rings. The van der Waals surface area contributed by atoms with Gasteiger partial charge < -0.3 is 14.2 Å². The molecule has 0 radical (unpaired) electrons. The van der Waals surface area contributed by atoms with Crippen LogP contribution in [-0.4, -0.2) is 51.8 Å². The fourth-order valence-corrected chi connectivity index (χ4v) is 3.74.